The van der Waals surface area contributed by atoms with Gasteiger partial charge in [0.05, 0.1) is 11.5 Å². The van der Waals surface area contributed by atoms with Gasteiger partial charge in [0.25, 0.3) is 0 Å². The maximum absolute atomic E-state index is 9.17. The van der Waals surface area contributed by atoms with Crippen molar-refractivity contribution in [3.05, 3.63) is 34.3 Å². The number of benzene rings is 1. The highest BCUT2D eigenvalue weighted by Crippen LogP contribution is 2.53. The third kappa shape index (κ3) is 1.52. The van der Waals surface area contributed by atoms with Gasteiger partial charge < -0.3 is 5.11 Å². The molecule has 1 aliphatic carbocycles. The Bertz CT molecular complexity index is 438. The molecule has 1 saturated carbocycles. The van der Waals surface area contributed by atoms with Crippen molar-refractivity contribution in [3.63, 3.8) is 0 Å². The van der Waals surface area contributed by atoms with Crippen LogP contribution in [0, 0.1) is 24.2 Å². The van der Waals surface area contributed by atoms with Crippen LogP contribution in [0.2, 0.25) is 5.02 Å². The smallest absolute Gasteiger partial charge is 0.0877 e. The van der Waals surface area contributed by atoms with Crippen molar-refractivity contribution in [2.45, 2.75) is 18.8 Å². The van der Waals surface area contributed by atoms with E-state index in [2.05, 4.69) is 6.07 Å². The molecule has 0 radical (unpaired) electrons. The van der Waals surface area contributed by atoms with Crippen LogP contribution in [0.5, 0.6) is 0 Å². The second-order valence-electron chi connectivity index (χ2n) is 4.13. The molecule has 1 aliphatic rings. The van der Waals surface area contributed by atoms with E-state index in [1.807, 2.05) is 25.1 Å². The van der Waals surface area contributed by atoms with Gasteiger partial charge in [-0.15, -0.1) is 0 Å². The maximum Gasteiger partial charge on any atom is 0.0877 e. The van der Waals surface area contributed by atoms with Crippen molar-refractivity contribution in [2.75, 3.05) is 6.61 Å². The molecule has 2 nitrogen and oxygen atoms in total. The lowest BCUT2D eigenvalue weighted by Crippen LogP contribution is -2.09. The fourth-order valence-electron chi connectivity index (χ4n) is 1.98. The fraction of sp³-hybridized carbons (Fsp3) is 0.417. The molecule has 0 saturated heterocycles. The molecule has 2 rings (SSSR count). The molecule has 0 aliphatic heterocycles. The van der Waals surface area contributed by atoms with Crippen molar-refractivity contribution in [2.24, 2.45) is 5.92 Å². The lowest BCUT2D eigenvalue weighted by Gasteiger charge is -2.09. The first-order chi connectivity index (χ1) is 7.14. The van der Waals surface area contributed by atoms with Crippen LogP contribution in [0.25, 0.3) is 0 Å². The van der Waals surface area contributed by atoms with E-state index >= 15 is 0 Å². The summed E-state index contributed by atoms with van der Waals surface area (Å²) in [5, 5.41) is 18.9. The number of hydrogen-bond acceptors (Lipinski definition) is 2. The molecule has 0 unspecified atom stereocenters. The Kier molecular flexibility index (Phi) is 2.46. The molecule has 15 heavy (non-hydrogen) atoms. The summed E-state index contributed by atoms with van der Waals surface area (Å²) in [6, 6.07) is 7.99. The van der Waals surface area contributed by atoms with Gasteiger partial charge in [-0.25, -0.2) is 0 Å². The zero-order valence-corrected chi connectivity index (χ0v) is 9.25. The molecule has 0 spiro atoms. The van der Waals surface area contributed by atoms with Crippen LogP contribution in [-0.2, 0) is 5.41 Å². The average Bonchev–Trinajstić information content (AvgIpc) is 2.97. The third-order valence-corrected chi connectivity index (χ3v) is 3.62. The van der Waals surface area contributed by atoms with Crippen LogP contribution >= 0.6 is 11.6 Å². The Labute approximate surface area is 94.1 Å². The van der Waals surface area contributed by atoms with Gasteiger partial charge in [0.2, 0.25) is 0 Å². The normalized spacial score (nSPS) is 28.5. The van der Waals surface area contributed by atoms with Crippen molar-refractivity contribution in [1.82, 2.24) is 0 Å². The minimum absolute atomic E-state index is 0.0685. The highest BCUT2D eigenvalue weighted by atomic mass is 35.5. The van der Waals surface area contributed by atoms with Gasteiger partial charge in [-0.1, -0.05) is 23.7 Å². The van der Waals surface area contributed by atoms with Crippen molar-refractivity contribution in [3.8, 4) is 6.07 Å². The van der Waals surface area contributed by atoms with E-state index in [0.717, 1.165) is 17.5 Å². The number of nitriles is 1. The van der Waals surface area contributed by atoms with E-state index < -0.39 is 5.41 Å². The standard InChI is InChI=1S/C12H12ClNO/c1-8-2-3-9(4-11(8)13)12(7-14)5-10(12)6-15/h2-4,10,15H,5-6H2,1H3/t10-,12+/m1/s1. The number of halogens is 1. The summed E-state index contributed by atoms with van der Waals surface area (Å²) in [5.41, 5.74) is 1.45. The second-order valence-corrected chi connectivity index (χ2v) is 4.54. The summed E-state index contributed by atoms with van der Waals surface area (Å²) < 4.78 is 0. The van der Waals surface area contributed by atoms with Gasteiger partial charge in [0.1, 0.15) is 0 Å². The largest absolute Gasteiger partial charge is 0.396 e. The topological polar surface area (TPSA) is 44.0 Å². The first-order valence-corrected chi connectivity index (χ1v) is 5.30. The summed E-state index contributed by atoms with van der Waals surface area (Å²) in [6.07, 6.45) is 0.736. The van der Waals surface area contributed by atoms with Crippen LogP contribution in [0.1, 0.15) is 17.5 Å². The molecule has 0 bridgehead atoms. The number of hydrogen-bond donors (Lipinski definition) is 1. The van der Waals surface area contributed by atoms with Gasteiger partial charge in [-0.3, -0.25) is 0 Å². The van der Waals surface area contributed by atoms with Crippen molar-refractivity contribution >= 4 is 11.6 Å². The highest BCUT2D eigenvalue weighted by Gasteiger charge is 2.55. The van der Waals surface area contributed by atoms with E-state index in [4.69, 9.17) is 22.0 Å². The third-order valence-electron chi connectivity index (χ3n) is 3.21. The van der Waals surface area contributed by atoms with E-state index in [-0.39, 0.29) is 12.5 Å². The second kappa shape index (κ2) is 3.52. The Morgan fingerprint density at radius 3 is 2.87 bits per heavy atom. The monoisotopic (exact) mass is 221 g/mol. The van der Waals surface area contributed by atoms with E-state index in [0.29, 0.717) is 5.02 Å². The highest BCUT2D eigenvalue weighted by molar-refractivity contribution is 6.31. The molecular weight excluding hydrogens is 210 g/mol. The molecule has 1 aromatic rings. The molecule has 1 N–H and O–H groups in total. The van der Waals surface area contributed by atoms with Crippen LogP contribution < -0.4 is 0 Å². The quantitative estimate of drug-likeness (QED) is 0.834. The predicted molar refractivity (Wildman–Crippen MR) is 58.7 cm³/mol. The van der Waals surface area contributed by atoms with E-state index in [9.17, 15) is 0 Å². The molecule has 78 valence electrons. The predicted octanol–water partition coefficient (Wildman–Crippen LogP) is 2.42. The van der Waals surface area contributed by atoms with Crippen LogP contribution in [0.4, 0.5) is 0 Å². The van der Waals surface area contributed by atoms with Crippen molar-refractivity contribution in [1.29, 1.82) is 5.26 Å². The minimum Gasteiger partial charge on any atom is -0.396 e. The minimum atomic E-state index is -0.494. The lowest BCUT2D eigenvalue weighted by molar-refractivity contribution is 0.269. The Balaban J connectivity index is 2.39. The lowest BCUT2D eigenvalue weighted by atomic mass is 9.94. The summed E-state index contributed by atoms with van der Waals surface area (Å²) in [6.45, 7) is 2.00. The molecule has 1 aromatic carbocycles. The molecule has 3 heteroatoms. The number of nitrogens with zero attached hydrogens (tertiary/aromatic N) is 1. The number of aliphatic hydroxyl groups is 1. The van der Waals surface area contributed by atoms with Gasteiger partial charge in [0.15, 0.2) is 0 Å². The molecule has 1 fully saturated rings. The average molecular weight is 222 g/mol. The molecular formula is C12H12ClNO. The molecule has 0 amide bonds. The van der Waals surface area contributed by atoms with Crippen LogP contribution in [-0.4, -0.2) is 11.7 Å². The molecule has 0 heterocycles. The zero-order chi connectivity index (χ0) is 11.1. The summed E-state index contributed by atoms with van der Waals surface area (Å²) in [7, 11) is 0. The Morgan fingerprint density at radius 1 is 1.67 bits per heavy atom. The maximum atomic E-state index is 9.17. The molecule has 2 atom stereocenters. The Morgan fingerprint density at radius 2 is 2.40 bits per heavy atom. The summed E-state index contributed by atoms with van der Waals surface area (Å²) in [5.74, 6) is 0.0706. The molecule has 0 aromatic heterocycles. The van der Waals surface area contributed by atoms with Gasteiger partial charge in [-0.05, 0) is 30.5 Å². The number of aliphatic hydroxyl groups excluding tert-OH is 1. The first kappa shape index (κ1) is 10.5. The summed E-state index contributed by atoms with van der Waals surface area (Å²) >= 11 is 6.02. The Hall–Kier alpha value is -1.04. The van der Waals surface area contributed by atoms with Gasteiger partial charge in [0, 0.05) is 17.5 Å². The SMILES string of the molecule is Cc1ccc([C@@]2(C#N)C[C@@H]2CO)cc1Cl. The van der Waals surface area contributed by atoms with E-state index in [1.54, 1.807) is 0 Å². The number of rotatable bonds is 2. The first-order valence-electron chi connectivity index (χ1n) is 4.93. The van der Waals surface area contributed by atoms with Crippen molar-refractivity contribution < 1.29 is 5.11 Å². The van der Waals surface area contributed by atoms with Gasteiger partial charge in [-0.2, -0.15) is 5.26 Å². The van der Waals surface area contributed by atoms with Crippen LogP contribution in [0.15, 0.2) is 18.2 Å². The van der Waals surface area contributed by atoms with Crippen LogP contribution in [0.3, 0.4) is 0 Å². The zero-order valence-electron chi connectivity index (χ0n) is 8.50. The summed E-state index contributed by atoms with van der Waals surface area (Å²) in [4.78, 5) is 0. The fourth-order valence-corrected chi connectivity index (χ4v) is 2.16. The van der Waals surface area contributed by atoms with E-state index in [1.165, 1.54) is 0 Å². The van der Waals surface area contributed by atoms with Gasteiger partial charge >= 0.3 is 0 Å². The number of aryl methyl sites for hydroxylation is 1.